The number of nitrogens with one attached hydrogen (secondary N) is 1. The number of halogens is 1. The van der Waals surface area contributed by atoms with E-state index >= 15 is 0 Å². The van der Waals surface area contributed by atoms with Crippen LogP contribution in [0.1, 0.15) is 38.5 Å². The van der Waals surface area contributed by atoms with Gasteiger partial charge in [-0.25, -0.2) is 13.1 Å². The van der Waals surface area contributed by atoms with Gasteiger partial charge in [0.15, 0.2) is 0 Å². The van der Waals surface area contributed by atoms with Crippen molar-refractivity contribution in [3.05, 3.63) is 16.5 Å². The van der Waals surface area contributed by atoms with Gasteiger partial charge in [0, 0.05) is 6.04 Å². The molecule has 0 aromatic carbocycles. The lowest BCUT2D eigenvalue weighted by Gasteiger charge is -2.33. The molecule has 2 aliphatic carbocycles. The van der Waals surface area contributed by atoms with E-state index in [0.717, 1.165) is 37.0 Å². The molecule has 1 aromatic rings. The first-order valence-electron chi connectivity index (χ1n) is 7.43. The fourth-order valence-electron chi connectivity index (χ4n) is 3.93. The van der Waals surface area contributed by atoms with Gasteiger partial charge in [-0.2, -0.15) is 0 Å². The molecule has 2 aliphatic rings. The minimum Gasteiger partial charge on any atom is -0.369 e. The number of primary amides is 1. The molecule has 3 rings (SSSR count). The second-order valence-electron chi connectivity index (χ2n) is 6.22. The normalized spacial score (nSPS) is 31.9. The Hall–Kier alpha value is -0.630. The van der Waals surface area contributed by atoms with Crippen LogP contribution in [0.5, 0.6) is 0 Å². The third kappa shape index (κ3) is 2.68. The number of carbonyl (C=O) groups excluding carboxylic acids is 1. The Kier molecular flexibility index (Phi) is 4.26. The lowest BCUT2D eigenvalue weighted by molar-refractivity contribution is -0.128. The van der Waals surface area contributed by atoms with Crippen molar-refractivity contribution in [2.75, 3.05) is 0 Å². The van der Waals surface area contributed by atoms with Crippen LogP contribution in [0.4, 0.5) is 0 Å². The number of carbonyl (C=O) groups is 1. The topological polar surface area (TPSA) is 89.3 Å². The Morgan fingerprint density at radius 3 is 2.73 bits per heavy atom. The van der Waals surface area contributed by atoms with Crippen LogP contribution in [-0.2, 0) is 14.8 Å². The van der Waals surface area contributed by atoms with Gasteiger partial charge >= 0.3 is 0 Å². The summed E-state index contributed by atoms with van der Waals surface area (Å²) in [6.07, 6.45) is 5.06. The molecule has 1 aromatic heterocycles. The third-order valence-electron chi connectivity index (χ3n) is 5.06. The maximum Gasteiger partial charge on any atom is 0.250 e. The van der Waals surface area contributed by atoms with Gasteiger partial charge in [0.25, 0.3) is 0 Å². The van der Waals surface area contributed by atoms with Gasteiger partial charge in [-0.3, -0.25) is 4.79 Å². The second-order valence-corrected chi connectivity index (χ2v) is 9.88. The smallest absolute Gasteiger partial charge is 0.250 e. The van der Waals surface area contributed by atoms with Crippen LogP contribution >= 0.6 is 22.9 Å². The molecule has 0 radical (unpaired) electrons. The molecule has 2 bridgehead atoms. The molecule has 5 nitrogen and oxygen atoms in total. The Bertz CT molecular complexity index is 688. The van der Waals surface area contributed by atoms with Gasteiger partial charge < -0.3 is 5.73 Å². The molecule has 0 aliphatic heterocycles. The first-order valence-corrected chi connectivity index (χ1v) is 10.1. The standard InChI is InChI=1S/C14H19ClN2O3S2/c15-10-4-5-11(21-10)22(19,20)17-12-9-3-1-2-7-14(12,8-6-9)13(16)18/h4-5,9,12,17H,1-3,6-8H2,(H2,16,18). The number of nitrogens with two attached hydrogens (primary N) is 1. The van der Waals surface area contributed by atoms with Crippen LogP contribution in [0.25, 0.3) is 0 Å². The van der Waals surface area contributed by atoms with Crippen LogP contribution in [0, 0.1) is 11.3 Å². The zero-order valence-corrected chi connectivity index (χ0v) is 14.4. The van der Waals surface area contributed by atoms with E-state index < -0.39 is 21.5 Å². The van der Waals surface area contributed by atoms with Crippen molar-refractivity contribution in [1.29, 1.82) is 0 Å². The van der Waals surface area contributed by atoms with Crippen LogP contribution in [-0.4, -0.2) is 20.4 Å². The quantitative estimate of drug-likeness (QED) is 0.862. The molecule has 2 saturated carbocycles. The Balaban J connectivity index is 1.94. The van der Waals surface area contributed by atoms with Crippen molar-refractivity contribution >= 4 is 38.9 Å². The summed E-state index contributed by atoms with van der Waals surface area (Å²) >= 11 is 6.85. The fraction of sp³-hybridized carbons (Fsp3) is 0.643. The number of hydrogen-bond donors (Lipinski definition) is 2. The molecule has 2 fully saturated rings. The minimum atomic E-state index is -3.68. The van der Waals surface area contributed by atoms with Crippen molar-refractivity contribution in [1.82, 2.24) is 4.72 Å². The summed E-state index contributed by atoms with van der Waals surface area (Å²) in [5.74, 6) is -0.200. The minimum absolute atomic E-state index is 0.181. The largest absolute Gasteiger partial charge is 0.369 e. The molecule has 1 amide bonds. The van der Waals surface area contributed by atoms with Crippen molar-refractivity contribution < 1.29 is 13.2 Å². The van der Waals surface area contributed by atoms with E-state index in [1.807, 2.05) is 0 Å². The van der Waals surface area contributed by atoms with Crippen LogP contribution in [0.3, 0.4) is 0 Å². The summed E-state index contributed by atoms with van der Waals surface area (Å²) < 4.78 is 28.6. The molecular weight excluding hydrogens is 344 g/mol. The zero-order chi connectivity index (χ0) is 16.0. The average Bonchev–Trinajstić information content (AvgIpc) is 2.93. The number of amides is 1. The van der Waals surface area contributed by atoms with Crippen LogP contribution in [0.2, 0.25) is 4.34 Å². The van der Waals surface area contributed by atoms with E-state index in [2.05, 4.69) is 4.72 Å². The molecule has 8 heteroatoms. The molecule has 3 atom stereocenters. The summed E-state index contributed by atoms with van der Waals surface area (Å²) in [5, 5.41) is 0. The van der Waals surface area contributed by atoms with Crippen LogP contribution < -0.4 is 10.5 Å². The van der Waals surface area contributed by atoms with Crippen molar-refractivity contribution in [2.45, 2.75) is 48.8 Å². The van der Waals surface area contributed by atoms with E-state index in [4.69, 9.17) is 17.3 Å². The molecule has 0 spiro atoms. The van der Waals surface area contributed by atoms with Gasteiger partial charge in [-0.05, 0) is 43.7 Å². The summed E-state index contributed by atoms with van der Waals surface area (Å²) in [7, 11) is -3.68. The van der Waals surface area contributed by atoms with Gasteiger partial charge in [0.2, 0.25) is 15.9 Å². The van der Waals surface area contributed by atoms with Crippen molar-refractivity contribution in [3.63, 3.8) is 0 Å². The zero-order valence-electron chi connectivity index (χ0n) is 12.0. The van der Waals surface area contributed by atoms with E-state index in [9.17, 15) is 13.2 Å². The lowest BCUT2D eigenvalue weighted by Crippen LogP contribution is -2.52. The lowest BCUT2D eigenvalue weighted by atomic mass is 9.78. The maximum absolute atomic E-state index is 12.6. The van der Waals surface area contributed by atoms with E-state index in [1.54, 1.807) is 6.07 Å². The highest BCUT2D eigenvalue weighted by Gasteiger charge is 2.54. The highest BCUT2D eigenvalue weighted by atomic mass is 35.5. The Morgan fingerprint density at radius 1 is 1.32 bits per heavy atom. The molecular formula is C14H19ClN2O3S2. The maximum atomic E-state index is 12.6. The number of fused-ring (bicyclic) bond motifs is 2. The number of hydrogen-bond acceptors (Lipinski definition) is 4. The van der Waals surface area contributed by atoms with Gasteiger partial charge in [-0.1, -0.05) is 24.4 Å². The highest BCUT2D eigenvalue weighted by Crippen LogP contribution is 2.50. The Labute approximate surface area is 139 Å². The third-order valence-corrected chi connectivity index (χ3v) is 8.23. The van der Waals surface area contributed by atoms with Crippen molar-refractivity contribution in [2.24, 2.45) is 17.1 Å². The molecule has 22 heavy (non-hydrogen) atoms. The first-order chi connectivity index (χ1) is 10.3. The summed E-state index contributed by atoms with van der Waals surface area (Å²) in [5.41, 5.74) is 4.93. The summed E-state index contributed by atoms with van der Waals surface area (Å²) in [4.78, 5) is 12.1. The molecule has 122 valence electrons. The molecule has 3 unspecified atom stereocenters. The predicted molar refractivity (Wildman–Crippen MR) is 86.3 cm³/mol. The average molecular weight is 363 g/mol. The first kappa shape index (κ1) is 16.2. The number of rotatable bonds is 4. The fourth-order valence-corrected chi connectivity index (χ4v) is 6.81. The number of thiophene rings is 1. The summed E-state index contributed by atoms with van der Waals surface area (Å²) in [6, 6.07) is 2.65. The molecule has 1 heterocycles. The van der Waals surface area contributed by atoms with E-state index in [0.29, 0.717) is 17.2 Å². The SMILES string of the molecule is NC(=O)C12CCCCC(CC1)C2NS(=O)(=O)c1ccc(Cl)s1. The molecule has 3 N–H and O–H groups in total. The van der Waals surface area contributed by atoms with E-state index in [-0.39, 0.29) is 16.0 Å². The number of sulfonamides is 1. The van der Waals surface area contributed by atoms with Crippen molar-refractivity contribution in [3.8, 4) is 0 Å². The van der Waals surface area contributed by atoms with Gasteiger partial charge in [0.05, 0.1) is 9.75 Å². The monoisotopic (exact) mass is 362 g/mol. The van der Waals surface area contributed by atoms with Crippen LogP contribution in [0.15, 0.2) is 16.3 Å². The summed E-state index contributed by atoms with van der Waals surface area (Å²) in [6.45, 7) is 0. The Morgan fingerprint density at radius 2 is 2.09 bits per heavy atom. The molecule has 0 saturated heterocycles. The van der Waals surface area contributed by atoms with Gasteiger partial charge in [0.1, 0.15) is 4.21 Å². The van der Waals surface area contributed by atoms with E-state index in [1.165, 1.54) is 6.07 Å². The second kappa shape index (κ2) is 5.78. The highest BCUT2D eigenvalue weighted by molar-refractivity contribution is 7.91. The van der Waals surface area contributed by atoms with Gasteiger partial charge in [-0.15, -0.1) is 11.3 Å². The predicted octanol–water partition coefficient (Wildman–Crippen LogP) is 2.50.